The van der Waals surface area contributed by atoms with Gasteiger partial charge in [0.05, 0.1) is 12.8 Å². The summed E-state index contributed by atoms with van der Waals surface area (Å²) in [6.45, 7) is 2.66. The van der Waals surface area contributed by atoms with Crippen molar-refractivity contribution in [3.05, 3.63) is 81.8 Å². The van der Waals surface area contributed by atoms with E-state index in [1.54, 1.807) is 19.1 Å². The van der Waals surface area contributed by atoms with Gasteiger partial charge in [-0.3, -0.25) is 0 Å². The van der Waals surface area contributed by atoms with Crippen molar-refractivity contribution < 1.29 is 19.1 Å². The molecule has 6 nitrogen and oxygen atoms in total. The monoisotopic (exact) mass is 434 g/mol. The number of carbonyl (C=O) groups excluding carboxylic acids is 2. The maximum absolute atomic E-state index is 12.2. The highest BCUT2D eigenvalue weighted by Gasteiger charge is 2.28. The highest BCUT2D eigenvalue weighted by Crippen LogP contribution is 2.44. The van der Waals surface area contributed by atoms with Crippen molar-refractivity contribution in [3.8, 4) is 11.1 Å². The van der Waals surface area contributed by atoms with E-state index in [1.165, 1.54) is 39.8 Å². The predicted octanol–water partition coefficient (Wildman–Crippen LogP) is 4.87. The van der Waals surface area contributed by atoms with Crippen molar-refractivity contribution in [2.24, 2.45) is 0 Å². The summed E-state index contributed by atoms with van der Waals surface area (Å²) in [4.78, 5) is 28.4. The van der Waals surface area contributed by atoms with Crippen molar-refractivity contribution in [2.75, 3.05) is 19.8 Å². The SMILES string of the molecule is CCOC(=O)c1cnc(C=CCNC(=O)OCC2c3ccccc3-c3ccccc32)s1. The summed E-state index contributed by atoms with van der Waals surface area (Å²) in [7, 11) is 0. The molecule has 1 N–H and O–H groups in total. The van der Waals surface area contributed by atoms with Crippen molar-refractivity contribution in [2.45, 2.75) is 12.8 Å². The smallest absolute Gasteiger partial charge is 0.407 e. The Labute approximate surface area is 184 Å². The Morgan fingerprint density at radius 3 is 2.42 bits per heavy atom. The lowest BCUT2D eigenvalue weighted by atomic mass is 9.98. The number of hydrogen-bond donors (Lipinski definition) is 1. The van der Waals surface area contributed by atoms with Gasteiger partial charge in [0, 0.05) is 12.5 Å². The quantitative estimate of drug-likeness (QED) is 0.537. The molecule has 0 spiro atoms. The Hall–Kier alpha value is -3.45. The van der Waals surface area contributed by atoms with Gasteiger partial charge in [0.25, 0.3) is 0 Å². The zero-order chi connectivity index (χ0) is 21.6. The molecule has 0 atom stereocenters. The fourth-order valence-electron chi connectivity index (χ4n) is 3.61. The zero-order valence-corrected chi connectivity index (χ0v) is 17.9. The van der Waals surface area contributed by atoms with Crippen LogP contribution in [0.1, 0.15) is 38.6 Å². The Morgan fingerprint density at radius 1 is 1.06 bits per heavy atom. The third kappa shape index (κ3) is 4.67. The third-order valence-corrected chi connectivity index (χ3v) is 5.91. The van der Waals surface area contributed by atoms with Crippen molar-refractivity contribution in [1.82, 2.24) is 10.3 Å². The molecular weight excluding hydrogens is 412 g/mol. The number of benzene rings is 2. The molecule has 0 saturated carbocycles. The number of nitrogens with one attached hydrogen (secondary N) is 1. The van der Waals surface area contributed by atoms with Crippen LogP contribution < -0.4 is 5.32 Å². The van der Waals surface area contributed by atoms with Gasteiger partial charge in [-0.1, -0.05) is 54.6 Å². The van der Waals surface area contributed by atoms with E-state index in [2.05, 4.69) is 34.6 Å². The molecule has 3 aromatic rings. The fraction of sp³-hybridized carbons (Fsp3) is 0.208. The van der Waals surface area contributed by atoms with E-state index in [1.807, 2.05) is 24.3 Å². The molecule has 2 aromatic carbocycles. The lowest BCUT2D eigenvalue weighted by molar-refractivity contribution is 0.0531. The number of carbonyl (C=O) groups is 2. The number of amides is 1. The number of ether oxygens (including phenoxy) is 2. The maximum atomic E-state index is 12.2. The number of esters is 1. The number of fused-ring (bicyclic) bond motifs is 3. The zero-order valence-electron chi connectivity index (χ0n) is 17.0. The number of rotatable bonds is 7. The molecule has 1 aromatic heterocycles. The van der Waals surface area contributed by atoms with Crippen LogP contribution in [0.2, 0.25) is 0 Å². The molecule has 0 unspecified atom stereocenters. The average molecular weight is 435 g/mol. The standard InChI is InChI=1S/C24H22N2O4S/c1-2-29-23(27)21-14-26-22(31-21)12-7-13-25-24(28)30-15-20-18-10-5-3-8-16(18)17-9-4-6-11-19(17)20/h3-12,14,20H,2,13,15H2,1H3,(H,25,28). The molecule has 0 aliphatic heterocycles. The fourth-order valence-corrected chi connectivity index (χ4v) is 4.36. The van der Waals surface area contributed by atoms with E-state index >= 15 is 0 Å². The Morgan fingerprint density at radius 2 is 1.74 bits per heavy atom. The van der Waals surface area contributed by atoms with Crippen molar-refractivity contribution >= 4 is 29.5 Å². The first kappa shape index (κ1) is 20.8. The molecule has 1 aliphatic rings. The van der Waals surface area contributed by atoms with Crippen LogP contribution in [0.5, 0.6) is 0 Å². The lowest BCUT2D eigenvalue weighted by Crippen LogP contribution is -2.26. The molecule has 31 heavy (non-hydrogen) atoms. The van der Waals surface area contributed by atoms with Gasteiger partial charge < -0.3 is 14.8 Å². The van der Waals surface area contributed by atoms with Gasteiger partial charge in [0.1, 0.15) is 16.5 Å². The van der Waals surface area contributed by atoms with Gasteiger partial charge in [0.15, 0.2) is 0 Å². The number of hydrogen-bond acceptors (Lipinski definition) is 6. The number of thiazole rings is 1. The van der Waals surface area contributed by atoms with Gasteiger partial charge in [-0.15, -0.1) is 11.3 Å². The first-order chi connectivity index (χ1) is 15.2. The predicted molar refractivity (Wildman–Crippen MR) is 120 cm³/mol. The minimum Gasteiger partial charge on any atom is -0.462 e. The molecular formula is C24H22N2O4S. The van der Waals surface area contributed by atoms with Crippen LogP contribution in [0.15, 0.2) is 60.8 Å². The average Bonchev–Trinajstić information content (AvgIpc) is 3.39. The number of nitrogens with zero attached hydrogens (tertiary/aromatic N) is 1. The first-order valence-corrected chi connectivity index (χ1v) is 10.9. The molecule has 158 valence electrons. The van der Waals surface area contributed by atoms with Gasteiger partial charge in [-0.2, -0.15) is 0 Å². The van der Waals surface area contributed by atoms with Gasteiger partial charge in [-0.05, 0) is 35.3 Å². The summed E-state index contributed by atoms with van der Waals surface area (Å²) in [5, 5.41) is 3.38. The second kappa shape index (κ2) is 9.57. The minimum absolute atomic E-state index is 0.0327. The molecule has 7 heteroatoms. The summed E-state index contributed by atoms with van der Waals surface area (Å²) in [5.41, 5.74) is 4.75. The highest BCUT2D eigenvalue weighted by atomic mass is 32.1. The first-order valence-electron chi connectivity index (χ1n) is 10.1. The van der Waals surface area contributed by atoms with Crippen LogP contribution in [-0.4, -0.2) is 36.8 Å². The van der Waals surface area contributed by atoms with Gasteiger partial charge in [-0.25, -0.2) is 14.6 Å². The molecule has 1 aliphatic carbocycles. The number of aromatic nitrogens is 1. The highest BCUT2D eigenvalue weighted by molar-refractivity contribution is 7.14. The second-order valence-electron chi connectivity index (χ2n) is 6.89. The molecule has 0 saturated heterocycles. The minimum atomic E-state index is -0.474. The molecule has 0 fully saturated rings. The molecule has 0 bridgehead atoms. The van der Waals surface area contributed by atoms with Crippen LogP contribution >= 0.6 is 11.3 Å². The van der Waals surface area contributed by atoms with Crippen molar-refractivity contribution in [3.63, 3.8) is 0 Å². The van der Waals surface area contributed by atoms with Crippen LogP contribution in [0.3, 0.4) is 0 Å². The molecule has 1 amide bonds. The number of alkyl carbamates (subject to hydrolysis) is 1. The van der Waals surface area contributed by atoms with Crippen LogP contribution in [0, 0.1) is 0 Å². The Kier molecular flexibility index (Phi) is 6.43. The lowest BCUT2D eigenvalue weighted by Gasteiger charge is -2.14. The van der Waals surface area contributed by atoms with Gasteiger partial charge in [0.2, 0.25) is 0 Å². The summed E-state index contributed by atoms with van der Waals surface area (Å²) >= 11 is 1.24. The Bertz CT molecular complexity index is 1080. The van der Waals surface area contributed by atoms with E-state index < -0.39 is 6.09 Å². The second-order valence-corrected chi connectivity index (χ2v) is 7.95. The van der Waals surface area contributed by atoms with Gasteiger partial charge >= 0.3 is 12.1 Å². The summed E-state index contributed by atoms with van der Waals surface area (Å²) < 4.78 is 10.4. The molecule has 4 rings (SSSR count). The van der Waals surface area contributed by atoms with E-state index in [-0.39, 0.29) is 18.5 Å². The van der Waals surface area contributed by atoms with E-state index in [9.17, 15) is 9.59 Å². The summed E-state index contributed by atoms with van der Waals surface area (Å²) in [6.07, 6.45) is 4.52. The maximum Gasteiger partial charge on any atom is 0.407 e. The van der Waals surface area contributed by atoms with E-state index in [4.69, 9.17) is 9.47 Å². The Balaban J connectivity index is 1.29. The topological polar surface area (TPSA) is 77.5 Å². The molecule has 1 heterocycles. The normalized spacial score (nSPS) is 12.4. The third-order valence-electron chi connectivity index (χ3n) is 4.97. The largest absolute Gasteiger partial charge is 0.462 e. The van der Waals surface area contributed by atoms with Crippen LogP contribution in [0.4, 0.5) is 4.79 Å². The summed E-state index contributed by atoms with van der Waals surface area (Å²) in [5.74, 6) is -0.346. The summed E-state index contributed by atoms with van der Waals surface area (Å²) in [6, 6.07) is 16.4. The van der Waals surface area contributed by atoms with Crippen LogP contribution in [-0.2, 0) is 9.47 Å². The van der Waals surface area contributed by atoms with E-state index in [0.29, 0.717) is 23.0 Å². The van der Waals surface area contributed by atoms with Crippen LogP contribution in [0.25, 0.3) is 17.2 Å². The molecule has 0 radical (unpaired) electrons. The van der Waals surface area contributed by atoms with E-state index in [0.717, 1.165) is 0 Å². The van der Waals surface area contributed by atoms with Crippen molar-refractivity contribution in [1.29, 1.82) is 0 Å².